The number of hydrogen-bond acceptors (Lipinski definition) is 4. The first kappa shape index (κ1) is 25.8. The van der Waals surface area contributed by atoms with Crippen molar-refractivity contribution in [2.24, 2.45) is 0 Å². The van der Waals surface area contributed by atoms with E-state index in [0.717, 1.165) is 17.5 Å². The van der Waals surface area contributed by atoms with Gasteiger partial charge in [0.1, 0.15) is 17.5 Å². The molecule has 3 aromatic carbocycles. The molecular weight excluding hydrogens is 440 g/mol. The molecule has 6 nitrogen and oxygen atoms in total. The minimum absolute atomic E-state index is 0.00463. The van der Waals surface area contributed by atoms with E-state index in [1.807, 2.05) is 74.5 Å². The molecule has 184 valence electrons. The van der Waals surface area contributed by atoms with E-state index >= 15 is 0 Å². The first-order valence-electron chi connectivity index (χ1n) is 11.9. The van der Waals surface area contributed by atoms with Gasteiger partial charge in [0, 0.05) is 19.0 Å². The molecule has 3 aromatic rings. The molecule has 1 N–H and O–H groups in total. The van der Waals surface area contributed by atoms with Crippen LogP contribution in [0.2, 0.25) is 0 Å². The molecule has 0 aliphatic rings. The molecule has 0 heterocycles. The summed E-state index contributed by atoms with van der Waals surface area (Å²) in [6.07, 6.45) is 1.21. The zero-order valence-corrected chi connectivity index (χ0v) is 20.6. The number of ether oxygens (including phenoxy) is 2. The molecule has 0 radical (unpaired) electrons. The molecule has 0 saturated heterocycles. The molecule has 0 bridgehead atoms. The molecule has 0 aliphatic heterocycles. The summed E-state index contributed by atoms with van der Waals surface area (Å²) in [7, 11) is 1.60. The van der Waals surface area contributed by atoms with E-state index in [9.17, 15) is 9.59 Å². The van der Waals surface area contributed by atoms with Gasteiger partial charge < -0.3 is 19.7 Å². The van der Waals surface area contributed by atoms with Crippen LogP contribution in [0.25, 0.3) is 0 Å². The van der Waals surface area contributed by atoms with Gasteiger partial charge in [0.15, 0.2) is 6.61 Å². The predicted octanol–water partition coefficient (Wildman–Crippen LogP) is 4.63. The lowest BCUT2D eigenvalue weighted by Gasteiger charge is -2.32. The van der Waals surface area contributed by atoms with Crippen LogP contribution in [-0.4, -0.2) is 42.5 Å². The van der Waals surface area contributed by atoms with E-state index in [-0.39, 0.29) is 24.5 Å². The smallest absolute Gasteiger partial charge is 0.261 e. The maximum Gasteiger partial charge on any atom is 0.261 e. The highest BCUT2D eigenvalue weighted by Gasteiger charge is 2.31. The van der Waals surface area contributed by atoms with Crippen LogP contribution < -0.4 is 14.8 Å². The summed E-state index contributed by atoms with van der Waals surface area (Å²) >= 11 is 0. The topological polar surface area (TPSA) is 67.9 Å². The van der Waals surface area contributed by atoms with E-state index in [1.54, 1.807) is 36.3 Å². The molecule has 0 aliphatic carbocycles. The molecule has 0 unspecified atom stereocenters. The van der Waals surface area contributed by atoms with Crippen molar-refractivity contribution >= 4 is 11.8 Å². The van der Waals surface area contributed by atoms with Gasteiger partial charge in [-0.2, -0.15) is 0 Å². The Balaban J connectivity index is 1.86. The molecule has 0 aromatic heterocycles. The Morgan fingerprint density at radius 1 is 0.857 bits per heavy atom. The monoisotopic (exact) mass is 474 g/mol. The Bertz CT molecular complexity index is 1060. The molecule has 0 saturated carbocycles. The van der Waals surface area contributed by atoms with Crippen molar-refractivity contribution in [1.29, 1.82) is 0 Å². The predicted molar refractivity (Wildman–Crippen MR) is 137 cm³/mol. The number of rotatable bonds is 12. The number of hydrogen-bond donors (Lipinski definition) is 1. The van der Waals surface area contributed by atoms with Crippen molar-refractivity contribution in [3.63, 3.8) is 0 Å². The van der Waals surface area contributed by atoms with Crippen LogP contribution in [0.15, 0.2) is 84.9 Å². The van der Waals surface area contributed by atoms with Crippen molar-refractivity contribution in [2.45, 2.75) is 45.3 Å². The van der Waals surface area contributed by atoms with Gasteiger partial charge in [-0.15, -0.1) is 0 Å². The summed E-state index contributed by atoms with van der Waals surface area (Å²) in [5.41, 5.74) is 1.93. The van der Waals surface area contributed by atoms with Gasteiger partial charge in [-0.3, -0.25) is 9.59 Å². The van der Waals surface area contributed by atoms with E-state index in [4.69, 9.17) is 9.47 Å². The summed E-state index contributed by atoms with van der Waals surface area (Å²) in [4.78, 5) is 28.6. The second-order valence-electron chi connectivity index (χ2n) is 8.49. The van der Waals surface area contributed by atoms with Crippen molar-refractivity contribution in [1.82, 2.24) is 10.2 Å². The van der Waals surface area contributed by atoms with Gasteiger partial charge in [0.25, 0.3) is 5.91 Å². The van der Waals surface area contributed by atoms with Crippen LogP contribution in [0, 0.1) is 0 Å². The van der Waals surface area contributed by atoms with Crippen LogP contribution in [0.4, 0.5) is 0 Å². The summed E-state index contributed by atoms with van der Waals surface area (Å²) < 4.78 is 11.0. The highest BCUT2D eigenvalue weighted by atomic mass is 16.5. The molecule has 6 heteroatoms. The number of nitrogens with zero attached hydrogens (tertiary/aromatic N) is 1. The number of nitrogens with one attached hydrogen (secondary N) is 1. The van der Waals surface area contributed by atoms with Gasteiger partial charge in [-0.25, -0.2) is 0 Å². The van der Waals surface area contributed by atoms with Gasteiger partial charge >= 0.3 is 0 Å². The summed E-state index contributed by atoms with van der Waals surface area (Å²) in [5, 5.41) is 3.07. The standard InChI is InChI=1S/C29H34N2O4/c1-4-22(2)30-29(33)27(19-23-11-7-5-8-12-23)31(20-24-13-9-6-10-14-24)28(32)21-35-26-17-15-25(34-3)16-18-26/h5-18,22,27H,4,19-21H2,1-3H3,(H,30,33)/t22-,27+/m0/s1. The van der Waals surface area contributed by atoms with Crippen LogP contribution in [0.5, 0.6) is 11.5 Å². The summed E-state index contributed by atoms with van der Waals surface area (Å²) in [6.45, 7) is 4.11. The molecule has 0 fully saturated rings. The van der Waals surface area contributed by atoms with Crippen LogP contribution in [0.1, 0.15) is 31.4 Å². The lowest BCUT2D eigenvalue weighted by Crippen LogP contribution is -2.53. The van der Waals surface area contributed by atoms with E-state index in [2.05, 4.69) is 5.32 Å². The molecular formula is C29H34N2O4. The number of methoxy groups -OCH3 is 1. The normalized spacial score (nSPS) is 12.3. The van der Waals surface area contributed by atoms with Crippen LogP contribution >= 0.6 is 0 Å². The van der Waals surface area contributed by atoms with Gasteiger partial charge in [0.05, 0.1) is 7.11 Å². The zero-order chi connectivity index (χ0) is 25.0. The zero-order valence-electron chi connectivity index (χ0n) is 20.6. The van der Waals surface area contributed by atoms with Crippen molar-refractivity contribution in [2.75, 3.05) is 13.7 Å². The highest BCUT2D eigenvalue weighted by Crippen LogP contribution is 2.19. The lowest BCUT2D eigenvalue weighted by atomic mass is 10.0. The minimum atomic E-state index is -0.682. The van der Waals surface area contributed by atoms with Gasteiger partial charge in [0.2, 0.25) is 5.91 Å². The number of benzene rings is 3. The Kier molecular flexibility index (Phi) is 9.72. The quantitative estimate of drug-likeness (QED) is 0.416. The highest BCUT2D eigenvalue weighted by molar-refractivity contribution is 5.88. The Morgan fingerprint density at radius 3 is 2.00 bits per heavy atom. The Labute approximate surface area is 207 Å². The maximum absolute atomic E-state index is 13.5. The fourth-order valence-corrected chi connectivity index (χ4v) is 3.68. The first-order chi connectivity index (χ1) is 17.0. The Morgan fingerprint density at radius 2 is 1.43 bits per heavy atom. The fourth-order valence-electron chi connectivity index (χ4n) is 3.68. The maximum atomic E-state index is 13.5. The molecule has 2 amide bonds. The summed E-state index contributed by atoms with van der Waals surface area (Å²) in [6, 6.07) is 25.8. The van der Waals surface area contributed by atoms with Crippen molar-refractivity contribution in [3.05, 3.63) is 96.1 Å². The third kappa shape index (κ3) is 7.88. The SMILES string of the molecule is CC[C@H](C)NC(=O)[C@@H](Cc1ccccc1)N(Cc1ccccc1)C(=O)COc1ccc(OC)cc1. The van der Waals surface area contributed by atoms with E-state index in [0.29, 0.717) is 24.5 Å². The second kappa shape index (κ2) is 13.2. The molecule has 35 heavy (non-hydrogen) atoms. The van der Waals surface area contributed by atoms with Crippen molar-refractivity contribution < 1.29 is 19.1 Å². The molecule has 2 atom stereocenters. The van der Waals surface area contributed by atoms with Gasteiger partial charge in [-0.05, 0) is 48.7 Å². The minimum Gasteiger partial charge on any atom is -0.497 e. The molecule has 3 rings (SSSR count). The van der Waals surface area contributed by atoms with Gasteiger partial charge in [-0.1, -0.05) is 67.6 Å². The molecule has 0 spiro atoms. The van der Waals surface area contributed by atoms with E-state index < -0.39 is 6.04 Å². The van der Waals surface area contributed by atoms with Crippen LogP contribution in [-0.2, 0) is 22.6 Å². The average Bonchev–Trinajstić information content (AvgIpc) is 2.90. The largest absolute Gasteiger partial charge is 0.497 e. The first-order valence-corrected chi connectivity index (χ1v) is 11.9. The number of amides is 2. The van der Waals surface area contributed by atoms with Crippen LogP contribution in [0.3, 0.4) is 0 Å². The summed E-state index contributed by atoms with van der Waals surface area (Å²) in [5.74, 6) is 0.836. The third-order valence-corrected chi connectivity index (χ3v) is 5.89. The Hall–Kier alpha value is -3.80. The average molecular weight is 475 g/mol. The van der Waals surface area contributed by atoms with Crippen molar-refractivity contribution in [3.8, 4) is 11.5 Å². The number of carbonyl (C=O) groups is 2. The lowest BCUT2D eigenvalue weighted by molar-refractivity contribution is -0.143. The third-order valence-electron chi connectivity index (χ3n) is 5.89. The fraction of sp³-hybridized carbons (Fsp3) is 0.310. The second-order valence-corrected chi connectivity index (χ2v) is 8.49. The number of carbonyl (C=O) groups excluding carboxylic acids is 2. The van der Waals surface area contributed by atoms with E-state index in [1.165, 1.54) is 0 Å².